The number of hydrogen-bond donors (Lipinski definition) is 1. The van der Waals surface area contributed by atoms with Crippen molar-refractivity contribution in [3.8, 4) is 0 Å². The van der Waals surface area contributed by atoms with Crippen LogP contribution in [0.2, 0.25) is 0 Å². The zero-order valence-corrected chi connectivity index (χ0v) is 6.81. The van der Waals surface area contributed by atoms with Crippen molar-refractivity contribution in [1.29, 1.82) is 0 Å². The van der Waals surface area contributed by atoms with E-state index in [4.69, 9.17) is 9.47 Å². The van der Waals surface area contributed by atoms with Gasteiger partial charge >= 0.3 is 0 Å². The third kappa shape index (κ3) is 1.94. The Kier molecular flexibility index (Phi) is 2.28. The van der Waals surface area contributed by atoms with Gasteiger partial charge in [0.25, 0.3) is 0 Å². The van der Waals surface area contributed by atoms with Crippen molar-refractivity contribution >= 4 is 0 Å². The Labute approximate surface area is 61.7 Å². The maximum absolute atomic E-state index is 5.48. The van der Waals surface area contributed by atoms with Gasteiger partial charge in [-0.25, -0.2) is 0 Å². The summed E-state index contributed by atoms with van der Waals surface area (Å²) >= 11 is 0. The van der Waals surface area contributed by atoms with Crippen molar-refractivity contribution in [1.82, 2.24) is 5.32 Å². The van der Waals surface area contributed by atoms with E-state index in [-0.39, 0.29) is 11.8 Å². The number of likely N-dealkylation sites (N-methyl/N-ethyl adjacent to an activating group) is 1. The molecule has 0 aliphatic carbocycles. The first-order chi connectivity index (χ1) is 4.64. The highest BCUT2D eigenvalue weighted by atomic mass is 16.6. The molecule has 10 heavy (non-hydrogen) atoms. The number of ether oxygens (including phenoxy) is 2. The Morgan fingerprint density at radius 1 is 1.50 bits per heavy atom. The summed E-state index contributed by atoms with van der Waals surface area (Å²) < 4.78 is 10.9. The summed E-state index contributed by atoms with van der Waals surface area (Å²) in [4.78, 5) is 0. The van der Waals surface area contributed by atoms with Crippen LogP contribution >= 0.6 is 0 Å². The van der Waals surface area contributed by atoms with Crippen LogP contribution in [0.1, 0.15) is 13.8 Å². The number of nitrogens with one attached hydrogen (secondary N) is 1. The molecule has 0 radical (unpaired) electrons. The van der Waals surface area contributed by atoms with Gasteiger partial charge in [-0.2, -0.15) is 0 Å². The van der Waals surface area contributed by atoms with Crippen molar-refractivity contribution in [2.24, 2.45) is 0 Å². The highest BCUT2D eigenvalue weighted by Gasteiger charge is 2.26. The lowest BCUT2D eigenvalue weighted by Crippen LogP contribution is -2.47. The predicted molar refractivity (Wildman–Crippen MR) is 38.8 cm³/mol. The lowest BCUT2D eigenvalue weighted by Gasteiger charge is -2.34. The second-order valence-electron chi connectivity index (χ2n) is 3.16. The smallest absolute Gasteiger partial charge is 0.131 e. The SMILES string of the molecule is CNC1COC(C)(C)CO1. The van der Waals surface area contributed by atoms with Crippen LogP contribution in [0.5, 0.6) is 0 Å². The molecule has 1 aliphatic rings. The first-order valence-corrected chi connectivity index (χ1v) is 3.57. The maximum atomic E-state index is 5.48. The fourth-order valence-electron chi connectivity index (χ4n) is 0.859. The third-order valence-corrected chi connectivity index (χ3v) is 1.58. The molecule has 1 fully saturated rings. The van der Waals surface area contributed by atoms with Gasteiger partial charge in [-0.3, -0.25) is 5.32 Å². The molecule has 60 valence electrons. The van der Waals surface area contributed by atoms with Gasteiger partial charge in [0, 0.05) is 0 Å². The van der Waals surface area contributed by atoms with Crippen LogP contribution < -0.4 is 5.32 Å². The third-order valence-electron chi connectivity index (χ3n) is 1.58. The van der Waals surface area contributed by atoms with E-state index in [2.05, 4.69) is 5.32 Å². The summed E-state index contributed by atoms with van der Waals surface area (Å²) in [6.45, 7) is 5.36. The minimum absolute atomic E-state index is 0.0769. The molecule has 0 aromatic carbocycles. The van der Waals surface area contributed by atoms with Crippen LogP contribution in [0, 0.1) is 0 Å². The van der Waals surface area contributed by atoms with Gasteiger partial charge in [0.1, 0.15) is 6.23 Å². The van der Waals surface area contributed by atoms with Gasteiger partial charge < -0.3 is 9.47 Å². The molecule has 3 heteroatoms. The van der Waals surface area contributed by atoms with Crippen molar-refractivity contribution in [2.75, 3.05) is 20.3 Å². The Morgan fingerprint density at radius 2 is 2.20 bits per heavy atom. The van der Waals surface area contributed by atoms with Gasteiger partial charge in [0.05, 0.1) is 18.8 Å². The predicted octanol–water partition coefficient (Wildman–Crippen LogP) is 0.357. The molecule has 0 saturated carbocycles. The molecule has 0 amide bonds. The average molecular weight is 145 g/mol. The minimum Gasteiger partial charge on any atom is -0.369 e. The summed E-state index contributed by atoms with van der Waals surface area (Å²) in [5.41, 5.74) is -0.104. The molecule has 1 atom stereocenters. The standard InChI is InChI=1S/C7H15NO2/c1-7(2)5-9-6(8-3)4-10-7/h6,8H,4-5H2,1-3H3. The van der Waals surface area contributed by atoms with E-state index in [1.807, 2.05) is 20.9 Å². The lowest BCUT2D eigenvalue weighted by molar-refractivity contribution is -0.181. The van der Waals surface area contributed by atoms with Crippen molar-refractivity contribution in [3.63, 3.8) is 0 Å². The Morgan fingerprint density at radius 3 is 2.60 bits per heavy atom. The van der Waals surface area contributed by atoms with E-state index in [0.29, 0.717) is 13.2 Å². The Balaban J connectivity index is 2.31. The zero-order valence-electron chi connectivity index (χ0n) is 6.81. The van der Waals surface area contributed by atoms with Gasteiger partial charge in [-0.05, 0) is 20.9 Å². The van der Waals surface area contributed by atoms with Crippen LogP contribution in [0.4, 0.5) is 0 Å². The van der Waals surface area contributed by atoms with Crippen molar-refractivity contribution in [3.05, 3.63) is 0 Å². The van der Waals surface area contributed by atoms with Gasteiger partial charge in [-0.15, -0.1) is 0 Å². The molecule has 1 heterocycles. The second-order valence-corrected chi connectivity index (χ2v) is 3.16. The largest absolute Gasteiger partial charge is 0.369 e. The first-order valence-electron chi connectivity index (χ1n) is 3.57. The van der Waals surface area contributed by atoms with E-state index in [1.54, 1.807) is 0 Å². The molecule has 1 aliphatic heterocycles. The first kappa shape index (κ1) is 7.98. The topological polar surface area (TPSA) is 30.5 Å². The zero-order chi connectivity index (χ0) is 7.61. The lowest BCUT2D eigenvalue weighted by atomic mass is 10.1. The summed E-state index contributed by atoms with van der Waals surface area (Å²) in [5, 5.41) is 2.99. The molecule has 1 N–H and O–H groups in total. The van der Waals surface area contributed by atoms with E-state index in [9.17, 15) is 0 Å². The average Bonchev–Trinajstić information content (AvgIpc) is 1.88. The molecule has 3 nitrogen and oxygen atoms in total. The molecule has 0 bridgehead atoms. The molecule has 1 saturated heterocycles. The molecule has 0 spiro atoms. The fourth-order valence-corrected chi connectivity index (χ4v) is 0.859. The molecule has 1 rings (SSSR count). The van der Waals surface area contributed by atoms with Gasteiger partial charge in [0.2, 0.25) is 0 Å². The maximum Gasteiger partial charge on any atom is 0.131 e. The van der Waals surface area contributed by atoms with Gasteiger partial charge in [0.15, 0.2) is 0 Å². The quantitative estimate of drug-likeness (QED) is 0.578. The normalized spacial score (nSPS) is 32.1. The second kappa shape index (κ2) is 2.86. The van der Waals surface area contributed by atoms with Gasteiger partial charge in [-0.1, -0.05) is 0 Å². The highest BCUT2D eigenvalue weighted by Crippen LogP contribution is 2.15. The monoisotopic (exact) mass is 145 g/mol. The molecule has 0 aromatic rings. The molecular weight excluding hydrogens is 130 g/mol. The number of hydrogen-bond acceptors (Lipinski definition) is 3. The van der Waals surface area contributed by atoms with E-state index >= 15 is 0 Å². The molecule has 1 unspecified atom stereocenters. The van der Waals surface area contributed by atoms with Crippen LogP contribution in [0.25, 0.3) is 0 Å². The highest BCUT2D eigenvalue weighted by molar-refractivity contribution is 4.73. The van der Waals surface area contributed by atoms with Crippen LogP contribution in [0.3, 0.4) is 0 Å². The summed E-state index contributed by atoms with van der Waals surface area (Å²) in [5.74, 6) is 0. The summed E-state index contributed by atoms with van der Waals surface area (Å²) in [7, 11) is 1.87. The Hall–Kier alpha value is -0.120. The molecule has 0 aromatic heterocycles. The van der Waals surface area contributed by atoms with Crippen LogP contribution in [-0.4, -0.2) is 32.1 Å². The van der Waals surface area contributed by atoms with E-state index in [1.165, 1.54) is 0 Å². The fraction of sp³-hybridized carbons (Fsp3) is 1.00. The van der Waals surface area contributed by atoms with Crippen molar-refractivity contribution < 1.29 is 9.47 Å². The minimum atomic E-state index is -0.104. The van der Waals surface area contributed by atoms with E-state index < -0.39 is 0 Å². The Bertz CT molecular complexity index is 104. The summed E-state index contributed by atoms with van der Waals surface area (Å²) in [6.07, 6.45) is 0.0769. The van der Waals surface area contributed by atoms with Crippen LogP contribution in [0.15, 0.2) is 0 Å². The molecular formula is C7H15NO2. The van der Waals surface area contributed by atoms with Crippen LogP contribution in [-0.2, 0) is 9.47 Å². The summed E-state index contributed by atoms with van der Waals surface area (Å²) in [6, 6.07) is 0. The van der Waals surface area contributed by atoms with E-state index in [0.717, 1.165) is 0 Å². The number of rotatable bonds is 1. The van der Waals surface area contributed by atoms with Crippen molar-refractivity contribution in [2.45, 2.75) is 25.7 Å².